The van der Waals surface area contributed by atoms with Gasteiger partial charge in [-0.3, -0.25) is 4.79 Å². The fourth-order valence-electron chi connectivity index (χ4n) is 1.86. The Morgan fingerprint density at radius 2 is 2.22 bits per heavy atom. The second kappa shape index (κ2) is 5.16. The maximum Gasteiger partial charge on any atom is 0.339 e. The average Bonchev–Trinajstić information content (AvgIpc) is 2.67. The van der Waals surface area contributed by atoms with Crippen LogP contribution in [0.1, 0.15) is 16.8 Å². The van der Waals surface area contributed by atoms with Gasteiger partial charge < -0.3 is 9.64 Å². The topological polar surface area (TPSA) is 46.6 Å². The molecule has 6 heteroatoms. The summed E-state index contributed by atoms with van der Waals surface area (Å²) in [7, 11) is 1.29. The number of halogens is 2. The Labute approximate surface area is 114 Å². The van der Waals surface area contributed by atoms with Crippen molar-refractivity contribution in [1.82, 2.24) is 0 Å². The van der Waals surface area contributed by atoms with Gasteiger partial charge in [0.15, 0.2) is 0 Å². The monoisotopic (exact) mass is 287 g/mol. The van der Waals surface area contributed by atoms with Crippen LogP contribution < -0.4 is 4.90 Å². The van der Waals surface area contributed by atoms with E-state index in [1.165, 1.54) is 7.11 Å². The van der Waals surface area contributed by atoms with Gasteiger partial charge in [0.2, 0.25) is 5.91 Å². The molecule has 0 saturated carbocycles. The van der Waals surface area contributed by atoms with E-state index in [-0.39, 0.29) is 21.9 Å². The van der Waals surface area contributed by atoms with Crippen LogP contribution in [0, 0.1) is 0 Å². The number of benzene rings is 1. The summed E-state index contributed by atoms with van der Waals surface area (Å²) in [4.78, 5) is 24.6. The highest BCUT2D eigenvalue weighted by Gasteiger charge is 2.29. The highest BCUT2D eigenvalue weighted by Crippen LogP contribution is 2.28. The van der Waals surface area contributed by atoms with Gasteiger partial charge in [0, 0.05) is 18.7 Å². The van der Waals surface area contributed by atoms with Crippen molar-refractivity contribution in [2.45, 2.75) is 11.8 Å². The Kier molecular flexibility index (Phi) is 3.78. The summed E-state index contributed by atoms with van der Waals surface area (Å²) in [5, 5.41) is 0.0710. The van der Waals surface area contributed by atoms with Crippen LogP contribution in [0.25, 0.3) is 0 Å². The quantitative estimate of drug-likeness (QED) is 0.620. The van der Waals surface area contributed by atoms with Gasteiger partial charge in [0.05, 0.1) is 23.1 Å². The van der Waals surface area contributed by atoms with Crippen molar-refractivity contribution < 1.29 is 14.3 Å². The zero-order chi connectivity index (χ0) is 13.3. The molecule has 1 aliphatic heterocycles. The minimum atomic E-state index is -0.505. The summed E-state index contributed by atoms with van der Waals surface area (Å²) in [5.41, 5.74) is 0.915. The van der Waals surface area contributed by atoms with E-state index in [2.05, 4.69) is 4.74 Å². The van der Waals surface area contributed by atoms with E-state index in [1.54, 1.807) is 23.1 Å². The van der Waals surface area contributed by atoms with Crippen LogP contribution in [-0.4, -0.2) is 30.9 Å². The molecule has 1 aromatic carbocycles. The molecule has 1 fully saturated rings. The molecule has 0 aliphatic carbocycles. The minimum absolute atomic E-state index is 0.0446. The number of hydrogen-bond donors (Lipinski definition) is 0. The molecule has 0 aromatic heterocycles. The van der Waals surface area contributed by atoms with Crippen LogP contribution in [0.4, 0.5) is 5.69 Å². The fourth-order valence-corrected chi connectivity index (χ4v) is 2.38. The highest BCUT2D eigenvalue weighted by molar-refractivity contribution is 6.34. The predicted octanol–water partition coefficient (Wildman–Crippen LogP) is 2.47. The lowest BCUT2D eigenvalue weighted by atomic mass is 10.2. The SMILES string of the molecule is COC(=O)c1ccc(N2CC(Cl)CC2=O)cc1Cl. The van der Waals surface area contributed by atoms with E-state index < -0.39 is 5.97 Å². The Balaban J connectivity index is 2.29. The fraction of sp³-hybridized carbons (Fsp3) is 0.333. The number of ether oxygens (including phenoxy) is 1. The molecule has 0 radical (unpaired) electrons. The van der Waals surface area contributed by atoms with Gasteiger partial charge in [-0.05, 0) is 18.2 Å². The number of amides is 1. The normalized spacial score (nSPS) is 19.2. The Morgan fingerprint density at radius 3 is 2.72 bits per heavy atom. The van der Waals surface area contributed by atoms with Crippen LogP contribution in [0.3, 0.4) is 0 Å². The first-order valence-corrected chi connectivity index (χ1v) is 6.16. The summed E-state index contributed by atoms with van der Waals surface area (Å²) in [6.07, 6.45) is 0.317. The molecule has 96 valence electrons. The largest absolute Gasteiger partial charge is 0.465 e. The minimum Gasteiger partial charge on any atom is -0.465 e. The van der Waals surface area contributed by atoms with Crippen molar-refractivity contribution in [3.63, 3.8) is 0 Å². The summed E-state index contributed by atoms with van der Waals surface area (Å²) < 4.78 is 4.60. The Bertz CT molecular complexity index is 504. The first kappa shape index (κ1) is 13.2. The number of hydrogen-bond acceptors (Lipinski definition) is 3. The first-order valence-electron chi connectivity index (χ1n) is 5.35. The maximum absolute atomic E-state index is 11.7. The van der Waals surface area contributed by atoms with Crippen molar-refractivity contribution in [2.75, 3.05) is 18.6 Å². The molecule has 4 nitrogen and oxygen atoms in total. The zero-order valence-corrected chi connectivity index (χ0v) is 11.2. The van der Waals surface area contributed by atoms with Gasteiger partial charge in [-0.25, -0.2) is 4.79 Å². The average molecular weight is 288 g/mol. The van der Waals surface area contributed by atoms with Crippen molar-refractivity contribution in [3.8, 4) is 0 Å². The first-order chi connectivity index (χ1) is 8.52. The van der Waals surface area contributed by atoms with E-state index >= 15 is 0 Å². The third kappa shape index (κ3) is 2.44. The molecule has 1 saturated heterocycles. The van der Waals surface area contributed by atoms with E-state index in [4.69, 9.17) is 23.2 Å². The number of alkyl halides is 1. The molecule has 18 heavy (non-hydrogen) atoms. The third-order valence-electron chi connectivity index (χ3n) is 2.75. The molecule has 0 bridgehead atoms. The van der Waals surface area contributed by atoms with Crippen molar-refractivity contribution >= 4 is 40.8 Å². The maximum atomic E-state index is 11.7. The second-order valence-electron chi connectivity index (χ2n) is 3.96. The lowest BCUT2D eigenvalue weighted by Gasteiger charge is -2.16. The van der Waals surface area contributed by atoms with Crippen LogP contribution in [0.2, 0.25) is 5.02 Å². The zero-order valence-electron chi connectivity index (χ0n) is 9.65. The van der Waals surface area contributed by atoms with Gasteiger partial charge in [0.1, 0.15) is 0 Å². The number of methoxy groups -OCH3 is 1. The Morgan fingerprint density at radius 1 is 1.50 bits per heavy atom. The number of nitrogens with zero attached hydrogens (tertiary/aromatic N) is 1. The van der Waals surface area contributed by atoms with E-state index in [0.717, 1.165) is 0 Å². The molecule has 1 heterocycles. The van der Waals surface area contributed by atoms with Crippen molar-refractivity contribution in [3.05, 3.63) is 28.8 Å². The lowest BCUT2D eigenvalue weighted by Crippen LogP contribution is -2.24. The smallest absolute Gasteiger partial charge is 0.339 e. The molecule has 1 aliphatic rings. The summed E-state index contributed by atoms with van der Waals surface area (Å²) >= 11 is 11.9. The molecule has 1 atom stereocenters. The Hall–Kier alpha value is -1.26. The predicted molar refractivity (Wildman–Crippen MR) is 69.4 cm³/mol. The van der Waals surface area contributed by atoms with Crippen LogP contribution >= 0.6 is 23.2 Å². The molecule has 1 unspecified atom stereocenters. The molecular weight excluding hydrogens is 277 g/mol. The number of carbonyl (C=O) groups is 2. The van der Waals surface area contributed by atoms with Gasteiger partial charge in [0.25, 0.3) is 0 Å². The number of esters is 1. The van der Waals surface area contributed by atoms with E-state index in [1.807, 2.05) is 0 Å². The molecule has 2 rings (SSSR count). The molecule has 0 spiro atoms. The second-order valence-corrected chi connectivity index (χ2v) is 4.99. The van der Waals surface area contributed by atoms with Crippen LogP contribution in [0.15, 0.2) is 18.2 Å². The number of anilines is 1. The van der Waals surface area contributed by atoms with Gasteiger partial charge in [-0.15, -0.1) is 11.6 Å². The molecule has 1 amide bonds. The van der Waals surface area contributed by atoms with Gasteiger partial charge in [-0.1, -0.05) is 11.6 Å². The number of carbonyl (C=O) groups excluding carboxylic acids is 2. The summed E-state index contributed by atoms with van der Waals surface area (Å²) in [6, 6.07) is 4.77. The highest BCUT2D eigenvalue weighted by atomic mass is 35.5. The number of rotatable bonds is 2. The lowest BCUT2D eigenvalue weighted by molar-refractivity contribution is -0.117. The van der Waals surface area contributed by atoms with Crippen molar-refractivity contribution in [1.29, 1.82) is 0 Å². The van der Waals surface area contributed by atoms with Crippen LogP contribution in [0.5, 0.6) is 0 Å². The molecule has 0 N–H and O–H groups in total. The summed E-state index contributed by atoms with van der Waals surface area (Å²) in [5.74, 6) is -0.550. The van der Waals surface area contributed by atoms with Gasteiger partial charge in [-0.2, -0.15) is 0 Å². The van der Waals surface area contributed by atoms with Gasteiger partial charge >= 0.3 is 5.97 Å². The van der Waals surface area contributed by atoms with Crippen molar-refractivity contribution in [2.24, 2.45) is 0 Å². The third-order valence-corrected chi connectivity index (χ3v) is 3.35. The van der Waals surface area contributed by atoms with E-state index in [0.29, 0.717) is 18.7 Å². The molecule has 1 aromatic rings. The molecular formula is C12H11Cl2NO3. The summed E-state index contributed by atoms with van der Waals surface area (Å²) in [6.45, 7) is 0.453. The standard InChI is InChI=1S/C12H11Cl2NO3/c1-18-12(17)9-3-2-8(5-10(9)14)15-6-7(13)4-11(15)16/h2-3,5,7H,4,6H2,1H3. The van der Waals surface area contributed by atoms with E-state index in [9.17, 15) is 9.59 Å². The van der Waals surface area contributed by atoms with Crippen LogP contribution in [-0.2, 0) is 9.53 Å².